The first-order valence-electron chi connectivity index (χ1n) is 18.4. The Bertz CT molecular complexity index is 2360. The molecule has 51 heavy (non-hydrogen) atoms. The van der Waals surface area contributed by atoms with E-state index >= 15 is 0 Å². The van der Waals surface area contributed by atoms with Gasteiger partial charge in [-0.2, -0.15) is 5.10 Å². The van der Waals surface area contributed by atoms with Crippen LogP contribution in [0.15, 0.2) is 103 Å². The molecule has 4 aromatic carbocycles. The van der Waals surface area contributed by atoms with Crippen molar-refractivity contribution >= 4 is 21.8 Å². The van der Waals surface area contributed by atoms with Gasteiger partial charge in [0.25, 0.3) is 0 Å². The van der Waals surface area contributed by atoms with Crippen molar-refractivity contribution in [3.05, 3.63) is 131 Å². The second-order valence-electron chi connectivity index (χ2n) is 15.4. The highest BCUT2D eigenvalue weighted by molar-refractivity contribution is 6.09. The van der Waals surface area contributed by atoms with Gasteiger partial charge in [0.1, 0.15) is 17.3 Å². The molecule has 3 aromatic heterocycles. The van der Waals surface area contributed by atoms with Crippen LogP contribution in [0.25, 0.3) is 44.4 Å². The maximum absolute atomic E-state index is 6.76. The first kappa shape index (κ1) is 34.3. The summed E-state index contributed by atoms with van der Waals surface area (Å²) in [7, 11) is 0. The summed E-state index contributed by atoms with van der Waals surface area (Å²) >= 11 is 0. The Hall–Kier alpha value is -5.16. The number of benzene rings is 4. The number of fused-ring (bicyclic) bond motifs is 3. The summed E-state index contributed by atoms with van der Waals surface area (Å²) in [4.78, 5) is 4.84. The standard InChI is InChI=1S/C46H50N4O/c1-10-14-34-24-37(50-33(6)45(32(5)48-50)35-15-12-11-13-16-35)27-39(25-34)51-38-18-19-40-41-26-36(30(3)31(4)46(7,8)9)17-20-42(41)49(43(40)28-38)44-23-29(2)21-22-47-44/h11-13,15-28,30-31H,10,14H2,1-9H3. The van der Waals surface area contributed by atoms with Crippen LogP contribution < -0.4 is 4.74 Å². The summed E-state index contributed by atoms with van der Waals surface area (Å²) < 4.78 is 11.1. The third-order valence-corrected chi connectivity index (χ3v) is 10.9. The maximum atomic E-state index is 6.76. The fourth-order valence-electron chi connectivity index (χ4n) is 7.60. The van der Waals surface area contributed by atoms with Crippen LogP contribution in [0, 0.1) is 32.1 Å². The molecule has 0 bridgehead atoms. The third kappa shape index (κ3) is 6.58. The van der Waals surface area contributed by atoms with Crippen LogP contribution in [0.5, 0.6) is 11.5 Å². The number of aryl methyl sites for hydroxylation is 3. The van der Waals surface area contributed by atoms with Gasteiger partial charge < -0.3 is 4.74 Å². The molecule has 7 aromatic rings. The van der Waals surface area contributed by atoms with Crippen molar-refractivity contribution < 1.29 is 4.74 Å². The zero-order chi connectivity index (χ0) is 36.0. The topological polar surface area (TPSA) is 44.9 Å². The van der Waals surface area contributed by atoms with Gasteiger partial charge in [0, 0.05) is 40.4 Å². The quantitative estimate of drug-likeness (QED) is 0.153. The van der Waals surface area contributed by atoms with Crippen molar-refractivity contribution in [3.63, 3.8) is 0 Å². The predicted octanol–water partition coefficient (Wildman–Crippen LogP) is 12.5. The lowest BCUT2D eigenvalue weighted by molar-refractivity contribution is 0.228. The second-order valence-corrected chi connectivity index (χ2v) is 15.4. The molecule has 2 unspecified atom stereocenters. The largest absolute Gasteiger partial charge is 0.457 e. The lowest BCUT2D eigenvalue weighted by atomic mass is 9.72. The number of nitrogens with zero attached hydrogens (tertiary/aromatic N) is 4. The first-order valence-corrected chi connectivity index (χ1v) is 18.4. The van der Waals surface area contributed by atoms with Gasteiger partial charge in [-0.25, -0.2) is 9.67 Å². The fourth-order valence-corrected chi connectivity index (χ4v) is 7.60. The number of hydrogen-bond acceptors (Lipinski definition) is 3. The zero-order valence-corrected chi connectivity index (χ0v) is 31.6. The average molecular weight is 675 g/mol. The van der Waals surface area contributed by atoms with E-state index in [0.29, 0.717) is 11.8 Å². The van der Waals surface area contributed by atoms with Crippen LogP contribution in [0.4, 0.5) is 0 Å². The highest BCUT2D eigenvalue weighted by atomic mass is 16.5. The lowest BCUT2D eigenvalue weighted by Crippen LogP contribution is -2.22. The van der Waals surface area contributed by atoms with Crippen molar-refractivity contribution in [1.29, 1.82) is 0 Å². The molecule has 5 nitrogen and oxygen atoms in total. The Kier molecular flexibility index (Phi) is 9.09. The molecule has 0 radical (unpaired) electrons. The van der Waals surface area contributed by atoms with Crippen molar-refractivity contribution in [1.82, 2.24) is 19.3 Å². The zero-order valence-electron chi connectivity index (χ0n) is 31.6. The molecule has 260 valence electrons. The molecule has 0 aliphatic heterocycles. The summed E-state index contributed by atoms with van der Waals surface area (Å²) in [6.45, 7) is 20.3. The van der Waals surface area contributed by atoms with E-state index in [9.17, 15) is 0 Å². The minimum atomic E-state index is 0.216. The molecule has 2 atom stereocenters. The summed E-state index contributed by atoms with van der Waals surface area (Å²) in [6.07, 6.45) is 3.89. The van der Waals surface area contributed by atoms with E-state index in [0.717, 1.165) is 58.3 Å². The van der Waals surface area contributed by atoms with Crippen molar-refractivity contribution in [2.45, 2.75) is 81.1 Å². The number of pyridine rings is 1. The number of rotatable bonds is 9. The number of aromatic nitrogens is 4. The van der Waals surface area contributed by atoms with Crippen LogP contribution in [-0.4, -0.2) is 19.3 Å². The van der Waals surface area contributed by atoms with E-state index in [-0.39, 0.29) is 5.41 Å². The van der Waals surface area contributed by atoms with Crippen molar-refractivity contribution in [3.8, 4) is 34.1 Å². The monoisotopic (exact) mass is 674 g/mol. The van der Waals surface area contributed by atoms with E-state index in [1.807, 2.05) is 12.3 Å². The molecule has 0 aliphatic rings. The molecule has 0 saturated heterocycles. The van der Waals surface area contributed by atoms with Crippen molar-refractivity contribution in [2.75, 3.05) is 0 Å². The normalized spacial score (nSPS) is 13.2. The molecule has 0 fully saturated rings. The van der Waals surface area contributed by atoms with E-state index in [1.165, 1.54) is 38.6 Å². The van der Waals surface area contributed by atoms with Gasteiger partial charge in [-0.3, -0.25) is 4.57 Å². The van der Waals surface area contributed by atoms with Gasteiger partial charge in [-0.05, 0) is 115 Å². The van der Waals surface area contributed by atoms with Crippen LogP contribution in [0.3, 0.4) is 0 Å². The van der Waals surface area contributed by atoms with Crippen LogP contribution in [-0.2, 0) is 6.42 Å². The Morgan fingerprint density at radius 1 is 0.765 bits per heavy atom. The molecule has 0 saturated carbocycles. The maximum Gasteiger partial charge on any atom is 0.137 e. The van der Waals surface area contributed by atoms with Crippen LogP contribution >= 0.6 is 0 Å². The number of hydrogen-bond donors (Lipinski definition) is 0. The Morgan fingerprint density at radius 3 is 2.27 bits per heavy atom. The summed E-state index contributed by atoms with van der Waals surface area (Å²) in [5, 5.41) is 7.44. The van der Waals surface area contributed by atoms with Gasteiger partial charge in [0.15, 0.2) is 0 Å². The SMILES string of the molecule is CCCc1cc(Oc2ccc3c4cc(C(C)C(C)C(C)(C)C)ccc4n(-c4cc(C)ccn4)c3c2)cc(-n2nc(C)c(-c3ccccc3)c2C)c1. The van der Waals surface area contributed by atoms with Gasteiger partial charge in [-0.15, -0.1) is 0 Å². The molecule has 3 heterocycles. The van der Waals surface area contributed by atoms with Crippen LogP contribution in [0.1, 0.15) is 82.0 Å². The van der Waals surface area contributed by atoms with E-state index in [2.05, 4.69) is 163 Å². The molecular formula is C46H50N4O. The van der Waals surface area contributed by atoms with Crippen molar-refractivity contribution in [2.24, 2.45) is 11.3 Å². The first-order chi connectivity index (χ1) is 24.4. The average Bonchev–Trinajstić information content (AvgIpc) is 3.59. The summed E-state index contributed by atoms with van der Waals surface area (Å²) in [6, 6.07) is 34.7. The molecular weight excluding hydrogens is 625 g/mol. The Balaban J connectivity index is 1.33. The van der Waals surface area contributed by atoms with Gasteiger partial charge in [0.2, 0.25) is 0 Å². The minimum absolute atomic E-state index is 0.216. The predicted molar refractivity (Wildman–Crippen MR) is 213 cm³/mol. The minimum Gasteiger partial charge on any atom is -0.457 e. The highest BCUT2D eigenvalue weighted by Crippen LogP contribution is 2.41. The second kappa shape index (κ2) is 13.5. The van der Waals surface area contributed by atoms with Gasteiger partial charge in [0.05, 0.1) is 22.4 Å². The molecule has 5 heteroatoms. The highest BCUT2D eigenvalue weighted by Gasteiger charge is 2.27. The van der Waals surface area contributed by atoms with E-state index in [4.69, 9.17) is 14.8 Å². The lowest BCUT2D eigenvalue weighted by Gasteiger charge is -2.32. The molecule has 0 aliphatic carbocycles. The fraction of sp³-hybridized carbons (Fsp3) is 0.304. The summed E-state index contributed by atoms with van der Waals surface area (Å²) in [5.74, 6) is 3.43. The van der Waals surface area contributed by atoms with Gasteiger partial charge >= 0.3 is 0 Å². The molecule has 0 N–H and O–H groups in total. The van der Waals surface area contributed by atoms with E-state index < -0.39 is 0 Å². The van der Waals surface area contributed by atoms with Gasteiger partial charge in [-0.1, -0.05) is 84.4 Å². The smallest absolute Gasteiger partial charge is 0.137 e. The molecule has 7 rings (SSSR count). The van der Waals surface area contributed by atoms with E-state index in [1.54, 1.807) is 0 Å². The molecule has 0 spiro atoms. The summed E-state index contributed by atoms with van der Waals surface area (Å²) in [5.41, 5.74) is 11.7. The molecule has 0 amide bonds. The number of ether oxygens (including phenoxy) is 1. The Labute approximate surface area is 302 Å². The van der Waals surface area contributed by atoms with Crippen LogP contribution in [0.2, 0.25) is 0 Å². The third-order valence-electron chi connectivity index (χ3n) is 10.9. The Morgan fingerprint density at radius 2 is 1.55 bits per heavy atom.